The third kappa shape index (κ3) is 18.6. The van der Waals surface area contributed by atoms with Gasteiger partial charge in [0.15, 0.2) is 0 Å². The van der Waals surface area contributed by atoms with Gasteiger partial charge in [-0.3, -0.25) is 19.9 Å². The Morgan fingerprint density at radius 3 is 1.68 bits per heavy atom. The number of pyridine rings is 4. The van der Waals surface area contributed by atoms with Crippen LogP contribution in [0.3, 0.4) is 0 Å². The van der Waals surface area contributed by atoms with Crippen molar-refractivity contribution in [3.8, 4) is 11.4 Å². The first-order valence-corrected chi connectivity index (χ1v) is 12.8. The van der Waals surface area contributed by atoms with Crippen molar-refractivity contribution in [1.82, 2.24) is 19.9 Å². The van der Waals surface area contributed by atoms with Gasteiger partial charge in [0.25, 0.3) is 0 Å². The smallest absolute Gasteiger partial charge is 0.705 e. The fourth-order valence-corrected chi connectivity index (χ4v) is 2.83. The van der Waals surface area contributed by atoms with E-state index in [-0.39, 0.29) is 26.9 Å². The first-order valence-electron chi connectivity index (χ1n) is 12.8. The second-order valence-electron chi connectivity index (χ2n) is 7.43. The van der Waals surface area contributed by atoms with E-state index in [0.29, 0.717) is 0 Å². The van der Waals surface area contributed by atoms with E-state index in [2.05, 4.69) is 26.5 Å². The molecule has 1 N–H and O–H groups in total. The molecular formula is C35H41N5Ru. The summed E-state index contributed by atoms with van der Waals surface area (Å²) in [5.74, 6) is 0. The second kappa shape index (κ2) is 27.3. The van der Waals surface area contributed by atoms with E-state index in [1.807, 2.05) is 124 Å². The summed E-state index contributed by atoms with van der Waals surface area (Å²) in [5.41, 5.74) is 11.8. The molecule has 0 amide bonds. The van der Waals surface area contributed by atoms with E-state index in [1.54, 1.807) is 36.9 Å². The van der Waals surface area contributed by atoms with Crippen LogP contribution < -0.4 is 0 Å². The Morgan fingerprint density at radius 2 is 1.24 bits per heavy atom. The van der Waals surface area contributed by atoms with Crippen LogP contribution in [0.15, 0.2) is 153 Å². The summed E-state index contributed by atoms with van der Waals surface area (Å²) >= 11 is 0. The van der Waals surface area contributed by atoms with Crippen LogP contribution in [0.5, 0.6) is 0 Å². The Labute approximate surface area is 260 Å². The fraction of sp³-hybridized carbons (Fsp3) is 0.114. The van der Waals surface area contributed by atoms with Gasteiger partial charge in [-0.2, -0.15) is 6.20 Å². The maximum atomic E-state index is 6.74. The molecule has 214 valence electrons. The molecule has 0 saturated heterocycles. The predicted molar refractivity (Wildman–Crippen MR) is 173 cm³/mol. The molecule has 4 aromatic rings. The third-order valence-corrected chi connectivity index (χ3v) is 4.65. The molecule has 0 aliphatic heterocycles. The minimum Gasteiger partial charge on any atom is -0.705 e. The molecule has 0 aliphatic rings. The van der Waals surface area contributed by atoms with Gasteiger partial charge in [0, 0.05) is 36.9 Å². The van der Waals surface area contributed by atoms with E-state index in [4.69, 9.17) is 5.73 Å². The van der Waals surface area contributed by atoms with Crippen molar-refractivity contribution in [1.29, 1.82) is 0 Å². The number of hydrogen-bond acceptors (Lipinski definition) is 4. The standard InChI is InChI=1S/C12H13N.C10H8N2.C10H11N2.C2H6.CH3.Ru/c1-3-4-5-8-11(2)12-9-6-7-10-13-12;1-3-7-11-9(5-1)10-6-2-4-8-12-10;11-8-4-1-2-6-10-7-3-5-9-12-10;1-2;;/h3-10H,1H2,2H3;1-8H;1-5,7-9,11H,6H2;1-2H3;1H3;/q;;-1;;-1;+2/b5-4-,11-8+;;2-1-,8-4-;;;. The Bertz CT molecular complexity index is 1220. The maximum Gasteiger partial charge on any atom is 2.00 e. The summed E-state index contributed by atoms with van der Waals surface area (Å²) < 4.78 is 0. The van der Waals surface area contributed by atoms with Crippen molar-refractivity contribution in [3.63, 3.8) is 0 Å². The molecule has 0 bridgehead atoms. The molecule has 5 nitrogen and oxygen atoms in total. The number of allylic oxidation sites excluding steroid dienone is 8. The quantitative estimate of drug-likeness (QED) is 0.116. The van der Waals surface area contributed by atoms with E-state index in [1.165, 1.54) is 6.20 Å². The summed E-state index contributed by atoms with van der Waals surface area (Å²) in [6, 6.07) is 23.3. The van der Waals surface area contributed by atoms with Gasteiger partial charge in [-0.25, -0.2) is 0 Å². The number of rotatable bonds is 7. The van der Waals surface area contributed by atoms with Crippen molar-refractivity contribution in [2.75, 3.05) is 0 Å². The molecule has 4 heterocycles. The van der Waals surface area contributed by atoms with Gasteiger partial charge in [-0.15, -0.1) is 0 Å². The Kier molecular flexibility index (Phi) is 25.9. The molecule has 0 unspecified atom stereocenters. The average molecular weight is 633 g/mol. The molecule has 0 saturated carbocycles. The zero-order chi connectivity index (χ0) is 28.4. The van der Waals surface area contributed by atoms with Gasteiger partial charge in [0.1, 0.15) is 0 Å². The topological polar surface area (TPSA) is 75.4 Å². The van der Waals surface area contributed by atoms with Crippen molar-refractivity contribution in [2.24, 2.45) is 0 Å². The van der Waals surface area contributed by atoms with Crippen LogP contribution in [-0.2, 0) is 25.9 Å². The van der Waals surface area contributed by atoms with Crippen LogP contribution in [0.1, 0.15) is 32.2 Å². The normalized spacial score (nSPS) is 10.1. The number of hydrogen-bond donors (Lipinski definition) is 0. The van der Waals surface area contributed by atoms with Crippen molar-refractivity contribution < 1.29 is 19.5 Å². The molecule has 0 aromatic carbocycles. The zero-order valence-electron chi connectivity index (χ0n) is 24.4. The molecule has 0 fully saturated rings. The summed E-state index contributed by atoms with van der Waals surface area (Å²) in [6.07, 6.45) is 22.3. The fourth-order valence-electron chi connectivity index (χ4n) is 2.83. The summed E-state index contributed by atoms with van der Waals surface area (Å²) in [6.45, 7) is 9.64. The van der Waals surface area contributed by atoms with Gasteiger partial charge >= 0.3 is 19.5 Å². The van der Waals surface area contributed by atoms with Gasteiger partial charge in [0.05, 0.1) is 17.1 Å². The first-order chi connectivity index (χ1) is 19.2. The minimum atomic E-state index is 0. The molecule has 6 heteroatoms. The summed E-state index contributed by atoms with van der Waals surface area (Å²) in [7, 11) is 0. The van der Waals surface area contributed by atoms with E-state index < -0.39 is 0 Å². The SMILES string of the molecule is C=C/C=C\C=C(/C)c1ccccn1.CC.[CH3-].[NH-]/C=C\C=C/Cc1ccccn1.[Ru+2].c1ccc(-c2ccccn2)nc1. The molecule has 0 spiro atoms. The van der Waals surface area contributed by atoms with Crippen molar-refractivity contribution in [3.05, 3.63) is 177 Å². The summed E-state index contributed by atoms with van der Waals surface area (Å²) in [5, 5.41) is 0. The molecule has 4 aromatic heterocycles. The van der Waals surface area contributed by atoms with Gasteiger partial charge in [0.2, 0.25) is 0 Å². The van der Waals surface area contributed by atoms with Crippen LogP contribution in [0.2, 0.25) is 0 Å². The maximum absolute atomic E-state index is 6.74. The molecule has 0 radical (unpaired) electrons. The average Bonchev–Trinajstić information content (AvgIpc) is 3.03. The molecular weight excluding hydrogens is 591 g/mol. The first kappa shape index (κ1) is 38.9. The Balaban J connectivity index is 0. The molecule has 0 atom stereocenters. The van der Waals surface area contributed by atoms with E-state index in [9.17, 15) is 0 Å². The van der Waals surface area contributed by atoms with Crippen LogP contribution >= 0.6 is 0 Å². The number of nitrogens with one attached hydrogen (secondary N) is 1. The molecule has 4 rings (SSSR count). The Morgan fingerprint density at radius 1 is 0.707 bits per heavy atom. The number of aromatic nitrogens is 4. The summed E-state index contributed by atoms with van der Waals surface area (Å²) in [4.78, 5) is 16.8. The second-order valence-corrected chi connectivity index (χ2v) is 7.43. The van der Waals surface area contributed by atoms with Gasteiger partial charge < -0.3 is 13.2 Å². The third-order valence-electron chi connectivity index (χ3n) is 4.65. The predicted octanol–water partition coefficient (Wildman–Crippen LogP) is 9.59. The number of nitrogens with zero attached hydrogens (tertiary/aromatic N) is 4. The van der Waals surface area contributed by atoms with Gasteiger partial charge in [-0.1, -0.05) is 87.2 Å². The van der Waals surface area contributed by atoms with Crippen molar-refractivity contribution >= 4 is 5.57 Å². The van der Waals surface area contributed by atoms with Crippen LogP contribution in [0.25, 0.3) is 22.7 Å². The van der Waals surface area contributed by atoms with Crippen LogP contribution in [-0.4, -0.2) is 19.9 Å². The Hall–Kier alpha value is -4.28. The molecule has 0 aliphatic carbocycles. The largest absolute Gasteiger partial charge is 2.00 e. The van der Waals surface area contributed by atoms with Gasteiger partial charge in [-0.05, 0) is 61.0 Å². The van der Waals surface area contributed by atoms with E-state index in [0.717, 1.165) is 34.8 Å². The van der Waals surface area contributed by atoms with Crippen LogP contribution in [0.4, 0.5) is 0 Å². The van der Waals surface area contributed by atoms with Crippen LogP contribution in [0, 0.1) is 7.43 Å². The van der Waals surface area contributed by atoms with E-state index >= 15 is 0 Å². The molecule has 41 heavy (non-hydrogen) atoms. The van der Waals surface area contributed by atoms with Crippen molar-refractivity contribution in [2.45, 2.75) is 27.2 Å². The minimum absolute atomic E-state index is 0. The zero-order valence-corrected chi connectivity index (χ0v) is 26.2. The monoisotopic (exact) mass is 633 g/mol.